The third kappa shape index (κ3) is 6.18. The summed E-state index contributed by atoms with van der Waals surface area (Å²) in [6.45, 7) is 15.1. The van der Waals surface area contributed by atoms with Gasteiger partial charge in [-0.25, -0.2) is 19.1 Å². The summed E-state index contributed by atoms with van der Waals surface area (Å²) in [7, 11) is 3.25. The molecule has 254 valence electrons. The normalized spacial score (nSPS) is 16.8. The van der Waals surface area contributed by atoms with Crippen LogP contribution < -0.4 is 20.1 Å². The van der Waals surface area contributed by atoms with Crippen molar-refractivity contribution in [2.45, 2.75) is 84.8 Å². The predicted molar refractivity (Wildman–Crippen MR) is 187 cm³/mol. The van der Waals surface area contributed by atoms with Crippen LogP contribution in [0.2, 0.25) is 0 Å². The summed E-state index contributed by atoms with van der Waals surface area (Å²) in [5.41, 5.74) is 4.48. The molecule has 0 bridgehead atoms. The number of carbonyl (C=O) groups is 1. The number of benzene rings is 1. The van der Waals surface area contributed by atoms with Crippen molar-refractivity contribution in [1.82, 2.24) is 24.4 Å². The Morgan fingerprint density at radius 3 is 2.42 bits per heavy atom. The number of aromatic nitrogens is 4. The SMILES string of the molecule is COc1cccc(-c2nc3c(cc2C2CC2)c(N2CCN(C(=O)OC(C)(C)C)CC2C)nc(=O)n3-c2c(C)ccnc2C(C)C)c1OC. The molecular formula is C37H46N6O5. The minimum atomic E-state index is -0.590. The molecule has 0 spiro atoms. The first-order valence-electron chi connectivity index (χ1n) is 16.7. The lowest BCUT2D eigenvalue weighted by Crippen LogP contribution is -2.55. The molecule has 0 radical (unpaired) electrons. The highest BCUT2D eigenvalue weighted by molar-refractivity contribution is 5.92. The molecule has 2 fully saturated rings. The molecule has 3 aromatic heterocycles. The molecule has 4 aromatic rings. The van der Waals surface area contributed by atoms with E-state index in [-0.39, 0.29) is 18.1 Å². The number of carbonyl (C=O) groups excluding carboxylic acids is 1. The Labute approximate surface area is 281 Å². The molecule has 1 saturated heterocycles. The summed E-state index contributed by atoms with van der Waals surface area (Å²) in [5.74, 6) is 2.12. The molecule has 48 heavy (non-hydrogen) atoms. The number of amides is 1. The number of aryl methyl sites for hydroxylation is 1. The number of anilines is 1. The zero-order chi connectivity index (χ0) is 34.5. The molecule has 1 atom stereocenters. The van der Waals surface area contributed by atoms with Crippen molar-refractivity contribution >= 4 is 22.9 Å². The van der Waals surface area contributed by atoms with Crippen LogP contribution in [0.15, 0.2) is 41.3 Å². The standard InChI is InChI=1S/C37H46N6O5/c1-21(2)29-31(22(3)15-16-38-29)43-34-27(19-26(24-13-14-24)30(39-34)25-11-10-12-28(46-8)32(25)47-9)33(40-35(43)44)42-18-17-41(20-23(42)4)36(45)48-37(5,6)7/h10-12,15-16,19,21,23-24H,13-14,17-18,20H2,1-9H3. The molecular weight excluding hydrogens is 608 g/mol. The minimum Gasteiger partial charge on any atom is -0.493 e. The Hall–Kier alpha value is -4.67. The fraction of sp³-hybridized carbons (Fsp3) is 0.486. The van der Waals surface area contributed by atoms with E-state index in [2.05, 4.69) is 24.8 Å². The van der Waals surface area contributed by atoms with Crippen LogP contribution in [0, 0.1) is 6.92 Å². The summed E-state index contributed by atoms with van der Waals surface area (Å²) in [5, 5.41) is 0.776. The van der Waals surface area contributed by atoms with Crippen molar-refractivity contribution in [3.05, 3.63) is 63.8 Å². The molecule has 1 saturated carbocycles. The summed E-state index contributed by atoms with van der Waals surface area (Å²) in [4.78, 5) is 46.1. The minimum absolute atomic E-state index is 0.0474. The Morgan fingerprint density at radius 1 is 1.04 bits per heavy atom. The molecule has 1 aliphatic carbocycles. The Morgan fingerprint density at radius 2 is 1.79 bits per heavy atom. The van der Waals surface area contributed by atoms with Gasteiger partial charge in [0.2, 0.25) is 0 Å². The van der Waals surface area contributed by atoms with Gasteiger partial charge in [-0.2, -0.15) is 4.98 Å². The number of nitrogens with zero attached hydrogens (tertiary/aromatic N) is 6. The van der Waals surface area contributed by atoms with Gasteiger partial charge < -0.3 is 24.0 Å². The van der Waals surface area contributed by atoms with E-state index >= 15 is 0 Å². The maximum Gasteiger partial charge on any atom is 0.410 e. The number of ether oxygens (including phenoxy) is 3. The van der Waals surface area contributed by atoms with Crippen molar-refractivity contribution in [2.24, 2.45) is 0 Å². The fourth-order valence-electron chi connectivity index (χ4n) is 6.61. The lowest BCUT2D eigenvalue weighted by atomic mass is 9.99. The number of pyridine rings is 2. The lowest BCUT2D eigenvalue weighted by Gasteiger charge is -2.41. The van der Waals surface area contributed by atoms with Gasteiger partial charge in [0.05, 0.1) is 36.7 Å². The zero-order valence-electron chi connectivity index (χ0n) is 29.5. The summed E-state index contributed by atoms with van der Waals surface area (Å²) in [6, 6.07) is 9.73. The van der Waals surface area contributed by atoms with E-state index in [9.17, 15) is 9.59 Å². The fourth-order valence-corrected chi connectivity index (χ4v) is 6.61. The van der Waals surface area contributed by atoms with Gasteiger partial charge in [-0.15, -0.1) is 0 Å². The van der Waals surface area contributed by atoms with Crippen molar-refractivity contribution < 1.29 is 19.0 Å². The van der Waals surface area contributed by atoms with E-state index in [0.717, 1.165) is 46.3 Å². The van der Waals surface area contributed by atoms with E-state index in [0.29, 0.717) is 54.2 Å². The number of hydrogen-bond donors (Lipinski definition) is 0. The topological polar surface area (TPSA) is 112 Å². The first-order chi connectivity index (χ1) is 22.8. The number of fused-ring (bicyclic) bond motifs is 1. The zero-order valence-corrected chi connectivity index (χ0v) is 29.5. The van der Waals surface area contributed by atoms with Gasteiger partial charge in [-0.05, 0) is 94.7 Å². The second-order valence-electron chi connectivity index (χ2n) is 14.2. The van der Waals surface area contributed by atoms with Crippen molar-refractivity contribution in [1.29, 1.82) is 0 Å². The molecule has 0 N–H and O–H groups in total. The van der Waals surface area contributed by atoms with E-state index in [1.54, 1.807) is 29.9 Å². The van der Waals surface area contributed by atoms with Gasteiger partial charge in [0.15, 0.2) is 17.1 Å². The number of hydrogen-bond acceptors (Lipinski definition) is 9. The molecule has 1 amide bonds. The second kappa shape index (κ2) is 12.7. The van der Waals surface area contributed by atoms with Gasteiger partial charge in [-0.3, -0.25) is 4.98 Å². The number of methoxy groups -OCH3 is 2. The third-order valence-electron chi connectivity index (χ3n) is 9.03. The molecule has 6 rings (SSSR count). The van der Waals surface area contributed by atoms with Gasteiger partial charge in [-0.1, -0.05) is 19.9 Å². The number of piperazine rings is 1. The van der Waals surface area contributed by atoms with E-state index in [4.69, 9.17) is 29.2 Å². The van der Waals surface area contributed by atoms with Crippen LogP contribution in [-0.4, -0.2) is 76.0 Å². The average Bonchev–Trinajstić information content (AvgIpc) is 3.88. The first kappa shape index (κ1) is 33.2. The predicted octanol–water partition coefficient (Wildman–Crippen LogP) is 6.61. The summed E-state index contributed by atoms with van der Waals surface area (Å²) >= 11 is 0. The first-order valence-corrected chi connectivity index (χ1v) is 16.7. The highest BCUT2D eigenvalue weighted by Gasteiger charge is 2.35. The Balaban J connectivity index is 1.61. The van der Waals surface area contributed by atoms with Gasteiger partial charge in [0.25, 0.3) is 0 Å². The van der Waals surface area contributed by atoms with E-state index < -0.39 is 11.3 Å². The molecule has 4 heterocycles. The third-order valence-corrected chi connectivity index (χ3v) is 9.03. The number of para-hydroxylation sites is 1. The Bertz CT molecular complexity index is 1930. The van der Waals surface area contributed by atoms with Crippen LogP contribution in [0.3, 0.4) is 0 Å². The average molecular weight is 655 g/mol. The monoisotopic (exact) mass is 654 g/mol. The molecule has 1 unspecified atom stereocenters. The van der Waals surface area contributed by atoms with Crippen LogP contribution in [0.1, 0.15) is 83.0 Å². The van der Waals surface area contributed by atoms with Gasteiger partial charge in [0.1, 0.15) is 11.4 Å². The highest BCUT2D eigenvalue weighted by atomic mass is 16.6. The van der Waals surface area contributed by atoms with Gasteiger partial charge in [0, 0.05) is 37.4 Å². The lowest BCUT2D eigenvalue weighted by molar-refractivity contribution is 0.0218. The summed E-state index contributed by atoms with van der Waals surface area (Å²) < 4.78 is 18.8. The summed E-state index contributed by atoms with van der Waals surface area (Å²) in [6.07, 6.45) is 3.52. The molecule has 11 nitrogen and oxygen atoms in total. The van der Waals surface area contributed by atoms with Crippen molar-refractivity contribution in [3.8, 4) is 28.4 Å². The largest absolute Gasteiger partial charge is 0.493 e. The molecule has 1 aliphatic heterocycles. The maximum atomic E-state index is 14.4. The van der Waals surface area contributed by atoms with Crippen LogP contribution in [0.25, 0.3) is 28.0 Å². The van der Waals surface area contributed by atoms with Crippen molar-refractivity contribution in [3.63, 3.8) is 0 Å². The molecule has 11 heteroatoms. The van der Waals surface area contributed by atoms with E-state index in [1.165, 1.54) is 0 Å². The van der Waals surface area contributed by atoms with E-state index in [1.807, 2.05) is 58.9 Å². The highest BCUT2D eigenvalue weighted by Crippen LogP contribution is 2.48. The van der Waals surface area contributed by atoms with Crippen LogP contribution in [0.5, 0.6) is 11.5 Å². The quantitative estimate of drug-likeness (QED) is 0.217. The van der Waals surface area contributed by atoms with Crippen LogP contribution in [0.4, 0.5) is 10.6 Å². The maximum absolute atomic E-state index is 14.4. The van der Waals surface area contributed by atoms with Crippen LogP contribution in [-0.2, 0) is 4.74 Å². The van der Waals surface area contributed by atoms with Crippen molar-refractivity contribution in [2.75, 3.05) is 38.8 Å². The Kier molecular flexibility index (Phi) is 8.82. The number of rotatable bonds is 7. The van der Waals surface area contributed by atoms with Gasteiger partial charge >= 0.3 is 11.8 Å². The molecule has 2 aliphatic rings. The smallest absolute Gasteiger partial charge is 0.410 e. The van der Waals surface area contributed by atoms with Crippen LogP contribution >= 0.6 is 0 Å². The second-order valence-corrected chi connectivity index (χ2v) is 14.2. The molecule has 1 aromatic carbocycles.